The minimum absolute atomic E-state index is 0.0749. The number of benzene rings is 2. The van der Waals surface area contributed by atoms with Crippen molar-refractivity contribution in [1.29, 1.82) is 0 Å². The van der Waals surface area contributed by atoms with Gasteiger partial charge in [-0.05, 0) is 53.2 Å². The van der Waals surface area contributed by atoms with Crippen molar-refractivity contribution < 1.29 is 4.79 Å². The van der Waals surface area contributed by atoms with Crippen LogP contribution in [0.2, 0.25) is 5.02 Å². The molecule has 1 N–H and O–H groups in total. The molecule has 6 nitrogen and oxygen atoms in total. The topological polar surface area (TPSA) is 72.7 Å². The summed E-state index contributed by atoms with van der Waals surface area (Å²) in [5.41, 5.74) is 2.59. The number of nitrogens with zero attached hydrogens (tertiary/aromatic N) is 4. The van der Waals surface area contributed by atoms with Gasteiger partial charge in [-0.1, -0.05) is 29.8 Å². The largest absolute Gasteiger partial charge is 0.325 e. The lowest BCUT2D eigenvalue weighted by molar-refractivity contribution is -0.113. The van der Waals surface area contributed by atoms with E-state index in [0.29, 0.717) is 22.4 Å². The van der Waals surface area contributed by atoms with Crippen LogP contribution in [0.5, 0.6) is 0 Å². The molecule has 0 fully saturated rings. The summed E-state index contributed by atoms with van der Waals surface area (Å²) in [6.45, 7) is 1.91. The Bertz CT molecular complexity index is 868. The number of anilines is 1. The molecule has 128 valence electrons. The Labute approximate surface area is 154 Å². The minimum atomic E-state index is -0.0749. The van der Waals surface area contributed by atoms with Gasteiger partial charge in [0.05, 0.1) is 17.2 Å². The summed E-state index contributed by atoms with van der Waals surface area (Å²) in [6, 6.07) is 15.0. The van der Waals surface area contributed by atoms with Crippen molar-refractivity contribution in [2.24, 2.45) is 0 Å². The van der Waals surface area contributed by atoms with Gasteiger partial charge in [0.2, 0.25) is 5.91 Å². The first-order valence-electron chi connectivity index (χ1n) is 7.60. The first kappa shape index (κ1) is 17.4. The zero-order chi connectivity index (χ0) is 17.6. The van der Waals surface area contributed by atoms with E-state index in [2.05, 4.69) is 20.8 Å². The molecule has 0 saturated carbocycles. The molecule has 0 saturated heterocycles. The smallest absolute Gasteiger partial charge is 0.234 e. The summed E-state index contributed by atoms with van der Waals surface area (Å²) in [6.07, 6.45) is 0. The molecule has 1 heterocycles. The van der Waals surface area contributed by atoms with Crippen molar-refractivity contribution in [3.63, 3.8) is 0 Å². The van der Waals surface area contributed by atoms with Crippen molar-refractivity contribution in [1.82, 2.24) is 20.2 Å². The van der Waals surface area contributed by atoms with Gasteiger partial charge in [-0.15, -0.1) is 16.9 Å². The molecule has 0 aliphatic rings. The number of hydrogen-bond donors (Lipinski definition) is 1. The second-order valence-electron chi connectivity index (χ2n) is 5.34. The van der Waals surface area contributed by atoms with E-state index in [0.717, 1.165) is 16.9 Å². The highest BCUT2D eigenvalue weighted by Crippen LogP contribution is 2.20. The van der Waals surface area contributed by atoms with Crippen LogP contribution in [0.25, 0.3) is 5.69 Å². The lowest BCUT2D eigenvalue weighted by Crippen LogP contribution is -2.15. The lowest BCUT2D eigenvalue weighted by atomic mass is 10.2. The third-order valence-electron chi connectivity index (χ3n) is 3.46. The molecule has 25 heavy (non-hydrogen) atoms. The first-order chi connectivity index (χ1) is 12.1. The molecule has 3 aromatic rings. The van der Waals surface area contributed by atoms with Crippen LogP contribution >= 0.6 is 23.4 Å². The number of hydrogen-bond acceptors (Lipinski definition) is 5. The highest BCUT2D eigenvalue weighted by atomic mass is 35.5. The Morgan fingerprint density at radius 2 is 2.04 bits per heavy atom. The highest BCUT2D eigenvalue weighted by Gasteiger charge is 2.10. The third kappa shape index (κ3) is 4.58. The number of amides is 1. The molecule has 0 aliphatic carbocycles. The normalized spacial score (nSPS) is 10.6. The quantitative estimate of drug-likeness (QED) is 0.716. The molecule has 0 bridgehead atoms. The van der Waals surface area contributed by atoms with Crippen LogP contribution in [-0.4, -0.2) is 31.9 Å². The average molecular weight is 374 g/mol. The Hall–Kier alpha value is -2.38. The SMILES string of the molecule is Cc1cc(Cl)ccc1NC(=O)CSCc1nnnn1-c1ccccc1. The second kappa shape index (κ2) is 8.13. The average Bonchev–Trinajstić information content (AvgIpc) is 3.07. The summed E-state index contributed by atoms with van der Waals surface area (Å²) < 4.78 is 1.67. The standard InChI is InChI=1S/C17H16ClN5OS/c1-12-9-13(18)7-8-15(12)19-17(24)11-25-10-16-20-21-22-23(16)14-5-3-2-4-6-14/h2-9H,10-11H2,1H3,(H,19,24). The number of carbonyl (C=O) groups is 1. The van der Waals surface area contributed by atoms with Gasteiger partial charge in [0.25, 0.3) is 0 Å². The third-order valence-corrected chi connectivity index (χ3v) is 4.63. The molecule has 0 atom stereocenters. The van der Waals surface area contributed by atoms with E-state index in [-0.39, 0.29) is 5.91 Å². The van der Waals surface area contributed by atoms with E-state index in [1.54, 1.807) is 16.8 Å². The van der Waals surface area contributed by atoms with Crippen molar-refractivity contribution in [3.05, 3.63) is 64.9 Å². The van der Waals surface area contributed by atoms with Gasteiger partial charge in [-0.3, -0.25) is 4.79 Å². The molecule has 2 aromatic carbocycles. The van der Waals surface area contributed by atoms with Gasteiger partial charge in [0.15, 0.2) is 5.82 Å². The molecule has 8 heteroatoms. The molecular weight excluding hydrogens is 358 g/mol. The van der Waals surface area contributed by atoms with Crippen LogP contribution in [0.15, 0.2) is 48.5 Å². The van der Waals surface area contributed by atoms with E-state index >= 15 is 0 Å². The number of para-hydroxylation sites is 1. The Balaban J connectivity index is 1.55. The number of aromatic nitrogens is 4. The van der Waals surface area contributed by atoms with Crippen molar-refractivity contribution in [2.45, 2.75) is 12.7 Å². The molecule has 0 aliphatic heterocycles. The molecule has 0 spiro atoms. The highest BCUT2D eigenvalue weighted by molar-refractivity contribution is 7.99. The molecule has 0 unspecified atom stereocenters. The summed E-state index contributed by atoms with van der Waals surface area (Å²) in [5.74, 6) is 1.47. The van der Waals surface area contributed by atoms with Crippen LogP contribution in [0.4, 0.5) is 5.69 Å². The van der Waals surface area contributed by atoms with Crippen LogP contribution in [0.1, 0.15) is 11.4 Å². The number of aryl methyl sites for hydroxylation is 1. The number of halogens is 1. The van der Waals surface area contributed by atoms with E-state index in [9.17, 15) is 4.79 Å². The first-order valence-corrected chi connectivity index (χ1v) is 9.13. The van der Waals surface area contributed by atoms with Crippen LogP contribution in [-0.2, 0) is 10.5 Å². The molecule has 1 amide bonds. The maximum atomic E-state index is 12.1. The predicted octanol–water partition coefficient (Wildman–Crippen LogP) is 3.50. The monoisotopic (exact) mass is 373 g/mol. The van der Waals surface area contributed by atoms with Gasteiger partial charge < -0.3 is 5.32 Å². The van der Waals surface area contributed by atoms with Crippen molar-refractivity contribution >= 4 is 35.0 Å². The summed E-state index contributed by atoms with van der Waals surface area (Å²) in [7, 11) is 0. The van der Waals surface area contributed by atoms with E-state index < -0.39 is 0 Å². The second-order valence-corrected chi connectivity index (χ2v) is 6.76. The molecule has 0 radical (unpaired) electrons. The van der Waals surface area contributed by atoms with Crippen molar-refractivity contribution in [2.75, 3.05) is 11.1 Å². The Morgan fingerprint density at radius 1 is 1.24 bits per heavy atom. The van der Waals surface area contributed by atoms with Gasteiger partial charge in [-0.2, -0.15) is 4.68 Å². The number of carbonyl (C=O) groups excluding carboxylic acids is 1. The summed E-state index contributed by atoms with van der Waals surface area (Å²) >= 11 is 7.38. The summed E-state index contributed by atoms with van der Waals surface area (Å²) in [5, 5.41) is 15.3. The number of tetrazole rings is 1. The van der Waals surface area contributed by atoms with Crippen LogP contribution < -0.4 is 5.32 Å². The fourth-order valence-corrected chi connectivity index (χ4v) is 3.20. The van der Waals surface area contributed by atoms with E-state index in [1.165, 1.54) is 11.8 Å². The fourth-order valence-electron chi connectivity index (χ4n) is 2.25. The van der Waals surface area contributed by atoms with Gasteiger partial charge >= 0.3 is 0 Å². The van der Waals surface area contributed by atoms with Crippen LogP contribution in [0, 0.1) is 6.92 Å². The summed E-state index contributed by atoms with van der Waals surface area (Å²) in [4.78, 5) is 12.1. The molecule has 1 aromatic heterocycles. The van der Waals surface area contributed by atoms with E-state index in [4.69, 9.17) is 11.6 Å². The van der Waals surface area contributed by atoms with Crippen LogP contribution in [0.3, 0.4) is 0 Å². The zero-order valence-electron chi connectivity index (χ0n) is 13.5. The number of thioether (sulfide) groups is 1. The molecule has 3 rings (SSSR count). The van der Waals surface area contributed by atoms with Gasteiger partial charge in [0, 0.05) is 10.7 Å². The molecular formula is C17H16ClN5OS. The number of nitrogens with one attached hydrogen (secondary N) is 1. The maximum Gasteiger partial charge on any atom is 0.234 e. The fraction of sp³-hybridized carbons (Fsp3) is 0.176. The van der Waals surface area contributed by atoms with E-state index in [1.807, 2.05) is 43.3 Å². The lowest BCUT2D eigenvalue weighted by Gasteiger charge is -2.08. The van der Waals surface area contributed by atoms with Gasteiger partial charge in [-0.25, -0.2) is 0 Å². The Morgan fingerprint density at radius 3 is 2.80 bits per heavy atom. The Kier molecular flexibility index (Phi) is 5.67. The number of rotatable bonds is 6. The van der Waals surface area contributed by atoms with Gasteiger partial charge in [0.1, 0.15) is 0 Å². The maximum absolute atomic E-state index is 12.1. The predicted molar refractivity (Wildman–Crippen MR) is 100 cm³/mol. The minimum Gasteiger partial charge on any atom is -0.325 e. The zero-order valence-corrected chi connectivity index (χ0v) is 15.1. The van der Waals surface area contributed by atoms with Crippen molar-refractivity contribution in [3.8, 4) is 5.69 Å².